The molecule has 1 spiro atoms. The van der Waals surface area contributed by atoms with Crippen LogP contribution in [0.4, 0.5) is 0 Å². The molecule has 1 unspecified atom stereocenters. The van der Waals surface area contributed by atoms with Gasteiger partial charge in [-0.2, -0.15) is 0 Å². The summed E-state index contributed by atoms with van der Waals surface area (Å²) in [6.45, 7) is 1.08. The summed E-state index contributed by atoms with van der Waals surface area (Å²) in [6, 6.07) is 0.425. The molecule has 3 fully saturated rings. The van der Waals surface area contributed by atoms with E-state index in [1.54, 1.807) is 0 Å². The van der Waals surface area contributed by atoms with Gasteiger partial charge < -0.3 is 10.6 Å². The first-order valence-corrected chi connectivity index (χ1v) is 8.83. The highest BCUT2D eigenvalue weighted by atomic mass is 16.1. The zero-order valence-electron chi connectivity index (χ0n) is 12.8. The molecule has 0 radical (unpaired) electrons. The van der Waals surface area contributed by atoms with Gasteiger partial charge in [0.05, 0.1) is 0 Å². The number of carbonyl (C=O) groups excluding carboxylic acids is 1. The molecule has 3 aliphatic rings. The molecular formula is C17H30N2O. The fourth-order valence-electron chi connectivity index (χ4n) is 4.30. The molecular weight excluding hydrogens is 248 g/mol. The SMILES string of the molecule is O=C(NC1CCNC2(CCC2)C1)C1CCCCCCC1. The normalized spacial score (nSPS) is 31.1. The summed E-state index contributed by atoms with van der Waals surface area (Å²) in [5.74, 6) is 0.649. The Hall–Kier alpha value is -0.570. The van der Waals surface area contributed by atoms with Crippen LogP contribution in [0.15, 0.2) is 0 Å². The van der Waals surface area contributed by atoms with Crippen LogP contribution in [0.1, 0.15) is 77.0 Å². The van der Waals surface area contributed by atoms with Gasteiger partial charge in [0.2, 0.25) is 5.91 Å². The highest BCUT2D eigenvalue weighted by Gasteiger charge is 2.41. The molecule has 0 aromatic rings. The fraction of sp³-hybridized carbons (Fsp3) is 0.941. The number of carbonyl (C=O) groups is 1. The maximum Gasteiger partial charge on any atom is 0.223 e. The van der Waals surface area contributed by atoms with Gasteiger partial charge in [-0.1, -0.05) is 32.1 Å². The summed E-state index contributed by atoms with van der Waals surface area (Å²) < 4.78 is 0. The maximum atomic E-state index is 12.5. The van der Waals surface area contributed by atoms with Crippen molar-refractivity contribution in [2.75, 3.05) is 6.54 Å². The predicted octanol–water partition coefficient (Wildman–Crippen LogP) is 3.14. The summed E-state index contributed by atoms with van der Waals surface area (Å²) in [7, 11) is 0. The van der Waals surface area contributed by atoms with E-state index in [2.05, 4.69) is 10.6 Å². The second-order valence-corrected chi connectivity index (χ2v) is 7.30. The van der Waals surface area contributed by atoms with Crippen LogP contribution in [0.5, 0.6) is 0 Å². The van der Waals surface area contributed by atoms with E-state index in [1.165, 1.54) is 51.4 Å². The first kappa shape index (κ1) is 14.4. The van der Waals surface area contributed by atoms with Crippen molar-refractivity contribution in [3.8, 4) is 0 Å². The van der Waals surface area contributed by atoms with Gasteiger partial charge in [0.15, 0.2) is 0 Å². The van der Waals surface area contributed by atoms with Crippen molar-refractivity contribution >= 4 is 5.91 Å². The topological polar surface area (TPSA) is 41.1 Å². The lowest BCUT2D eigenvalue weighted by atomic mass is 9.70. The molecule has 1 aliphatic heterocycles. The summed E-state index contributed by atoms with van der Waals surface area (Å²) in [6.07, 6.45) is 15.0. The molecule has 1 saturated heterocycles. The molecule has 1 amide bonds. The van der Waals surface area contributed by atoms with Crippen LogP contribution in [-0.4, -0.2) is 24.0 Å². The van der Waals surface area contributed by atoms with Crippen LogP contribution in [0, 0.1) is 5.92 Å². The summed E-state index contributed by atoms with van der Waals surface area (Å²) in [5, 5.41) is 7.06. The number of rotatable bonds is 2. The Morgan fingerprint density at radius 2 is 1.65 bits per heavy atom. The van der Waals surface area contributed by atoms with Gasteiger partial charge in [0.25, 0.3) is 0 Å². The molecule has 2 N–H and O–H groups in total. The molecule has 3 heteroatoms. The van der Waals surface area contributed by atoms with E-state index in [0.29, 0.717) is 23.4 Å². The number of piperidine rings is 1. The number of nitrogens with one attached hydrogen (secondary N) is 2. The van der Waals surface area contributed by atoms with Gasteiger partial charge in [-0.3, -0.25) is 4.79 Å². The lowest BCUT2D eigenvalue weighted by molar-refractivity contribution is -0.126. The standard InChI is InChI=1S/C17H30N2O/c20-16(14-7-4-2-1-3-5-8-14)19-15-9-12-18-17(13-15)10-6-11-17/h14-15,18H,1-13H2,(H,19,20). The van der Waals surface area contributed by atoms with Crippen molar-refractivity contribution in [2.24, 2.45) is 5.92 Å². The molecule has 3 rings (SSSR count). The van der Waals surface area contributed by atoms with Crippen LogP contribution in [-0.2, 0) is 4.79 Å². The van der Waals surface area contributed by atoms with E-state index in [9.17, 15) is 4.79 Å². The number of hydrogen-bond donors (Lipinski definition) is 2. The molecule has 0 aromatic heterocycles. The zero-order valence-corrected chi connectivity index (χ0v) is 12.8. The summed E-state index contributed by atoms with van der Waals surface area (Å²) >= 11 is 0. The Bertz CT molecular complexity index is 330. The third-order valence-corrected chi connectivity index (χ3v) is 5.76. The van der Waals surface area contributed by atoms with Gasteiger partial charge in [0.1, 0.15) is 0 Å². The Balaban J connectivity index is 1.49. The highest BCUT2D eigenvalue weighted by Crippen LogP contribution is 2.38. The minimum Gasteiger partial charge on any atom is -0.353 e. The lowest BCUT2D eigenvalue weighted by Gasteiger charge is -2.48. The van der Waals surface area contributed by atoms with Crippen LogP contribution >= 0.6 is 0 Å². The van der Waals surface area contributed by atoms with Gasteiger partial charge in [-0.05, 0) is 51.5 Å². The Morgan fingerprint density at radius 1 is 0.950 bits per heavy atom. The molecule has 20 heavy (non-hydrogen) atoms. The minimum absolute atomic E-state index is 0.294. The smallest absolute Gasteiger partial charge is 0.223 e. The van der Waals surface area contributed by atoms with Gasteiger partial charge in [0, 0.05) is 17.5 Å². The largest absolute Gasteiger partial charge is 0.353 e. The highest BCUT2D eigenvalue weighted by molar-refractivity contribution is 5.78. The second kappa shape index (κ2) is 6.46. The van der Waals surface area contributed by atoms with E-state index in [0.717, 1.165) is 32.2 Å². The van der Waals surface area contributed by atoms with Crippen LogP contribution in [0.2, 0.25) is 0 Å². The summed E-state index contributed by atoms with van der Waals surface area (Å²) in [5.41, 5.74) is 0.386. The van der Waals surface area contributed by atoms with E-state index >= 15 is 0 Å². The van der Waals surface area contributed by atoms with Crippen molar-refractivity contribution in [3.05, 3.63) is 0 Å². The van der Waals surface area contributed by atoms with Crippen molar-refractivity contribution < 1.29 is 4.79 Å². The third-order valence-electron chi connectivity index (χ3n) is 5.76. The molecule has 2 aliphatic carbocycles. The predicted molar refractivity (Wildman–Crippen MR) is 81.6 cm³/mol. The van der Waals surface area contributed by atoms with E-state index in [4.69, 9.17) is 0 Å². The van der Waals surface area contributed by atoms with Crippen molar-refractivity contribution in [2.45, 2.75) is 88.6 Å². The zero-order chi connectivity index (χ0) is 13.8. The molecule has 0 aromatic carbocycles. The first-order chi connectivity index (χ1) is 9.77. The minimum atomic E-state index is 0.294. The maximum absolute atomic E-state index is 12.5. The average molecular weight is 278 g/mol. The Labute approximate surface area is 123 Å². The van der Waals surface area contributed by atoms with Gasteiger partial charge >= 0.3 is 0 Å². The first-order valence-electron chi connectivity index (χ1n) is 8.83. The van der Waals surface area contributed by atoms with Crippen LogP contribution in [0.25, 0.3) is 0 Å². The average Bonchev–Trinajstić information content (AvgIpc) is 2.36. The Morgan fingerprint density at radius 3 is 2.30 bits per heavy atom. The molecule has 2 saturated carbocycles. The quantitative estimate of drug-likeness (QED) is 0.815. The molecule has 114 valence electrons. The van der Waals surface area contributed by atoms with Gasteiger partial charge in [-0.25, -0.2) is 0 Å². The fourth-order valence-corrected chi connectivity index (χ4v) is 4.30. The molecule has 1 atom stereocenters. The monoisotopic (exact) mass is 278 g/mol. The Kier molecular flexibility index (Phi) is 4.65. The van der Waals surface area contributed by atoms with E-state index < -0.39 is 0 Å². The van der Waals surface area contributed by atoms with Crippen LogP contribution < -0.4 is 10.6 Å². The van der Waals surface area contributed by atoms with Crippen LogP contribution in [0.3, 0.4) is 0 Å². The van der Waals surface area contributed by atoms with E-state index in [1.807, 2.05) is 0 Å². The molecule has 3 nitrogen and oxygen atoms in total. The lowest BCUT2D eigenvalue weighted by Crippen LogP contribution is -2.60. The molecule has 0 bridgehead atoms. The summed E-state index contributed by atoms with van der Waals surface area (Å²) in [4.78, 5) is 12.5. The van der Waals surface area contributed by atoms with E-state index in [-0.39, 0.29) is 0 Å². The molecule has 1 heterocycles. The van der Waals surface area contributed by atoms with Crippen molar-refractivity contribution in [3.63, 3.8) is 0 Å². The van der Waals surface area contributed by atoms with Gasteiger partial charge in [-0.15, -0.1) is 0 Å². The number of hydrogen-bond acceptors (Lipinski definition) is 2. The number of amides is 1. The van der Waals surface area contributed by atoms with Crippen molar-refractivity contribution in [1.29, 1.82) is 0 Å². The van der Waals surface area contributed by atoms with Crippen molar-refractivity contribution in [1.82, 2.24) is 10.6 Å². The second-order valence-electron chi connectivity index (χ2n) is 7.30. The third kappa shape index (κ3) is 3.36.